The molecule has 0 saturated carbocycles. The maximum Gasteiger partial charge on any atom is 0.494 e. The number of benzene rings is 8. The van der Waals surface area contributed by atoms with Gasteiger partial charge in [0.15, 0.2) is 0 Å². The topological polar surface area (TPSA) is 44.2 Å². The fourth-order valence-corrected chi connectivity index (χ4v) is 11.3. The van der Waals surface area contributed by atoms with Crippen molar-refractivity contribution in [2.45, 2.75) is 77.4 Å². The summed E-state index contributed by atoms with van der Waals surface area (Å²) in [5, 5.41) is 12.5. The molecule has 3 heterocycles. The lowest BCUT2D eigenvalue weighted by Gasteiger charge is -2.32. The van der Waals surface area contributed by atoms with Gasteiger partial charge in [0.2, 0.25) is 0 Å². The van der Waals surface area contributed by atoms with E-state index in [1.165, 1.54) is 87.2 Å². The number of rotatable bonds is 1. The summed E-state index contributed by atoms with van der Waals surface area (Å²) in [6, 6.07) is 52.7. The van der Waals surface area contributed by atoms with Crippen LogP contribution in [0, 0.1) is 0 Å². The number of hydrogen-bond donors (Lipinski definition) is 0. The number of hydrogen-bond acceptors (Lipinski definition) is 4. The summed E-state index contributed by atoms with van der Waals surface area (Å²) >= 11 is 3.65. The van der Waals surface area contributed by atoms with Gasteiger partial charge in [0, 0.05) is 48.0 Å². The zero-order valence-electron chi connectivity index (χ0n) is 37.5. The highest BCUT2D eigenvalue weighted by Gasteiger charge is 2.52. The molecule has 1 fully saturated rings. The minimum atomic E-state index is -0.375. The SMILES string of the molecule is CC1(C)c2cc(B3OC(C)(C)C(C)(C)O3)ccc2-c2nc3c4ccccc4c4ccccc4c3cc21.CC1(C)c2cc(Br)ccc2-c2nc3c4ccccc4c4ccccc4c3cc21. The Hall–Kier alpha value is -5.92. The third-order valence-electron chi connectivity index (χ3n) is 15.2. The third-order valence-corrected chi connectivity index (χ3v) is 15.7. The molecule has 0 radical (unpaired) electrons. The predicted octanol–water partition coefficient (Wildman–Crippen LogP) is 14.8. The van der Waals surface area contributed by atoms with Crippen LogP contribution in [0.3, 0.4) is 0 Å². The van der Waals surface area contributed by atoms with Crippen LogP contribution in [0.25, 0.3) is 87.4 Å². The number of pyridine rings is 2. The Labute approximate surface area is 382 Å². The van der Waals surface area contributed by atoms with Gasteiger partial charge in [-0.1, -0.05) is 165 Å². The summed E-state index contributed by atoms with van der Waals surface area (Å²) in [5.74, 6) is 0. The van der Waals surface area contributed by atoms with Gasteiger partial charge in [0.25, 0.3) is 0 Å². The Morgan fingerprint density at radius 3 is 1.19 bits per heavy atom. The van der Waals surface area contributed by atoms with Crippen molar-refractivity contribution in [2.75, 3.05) is 0 Å². The van der Waals surface area contributed by atoms with E-state index in [1.54, 1.807) is 0 Å². The molecule has 8 aromatic carbocycles. The summed E-state index contributed by atoms with van der Waals surface area (Å²) in [4.78, 5) is 10.7. The quantitative estimate of drug-likeness (QED) is 0.122. The molecular formula is C58H48BBrN2O2. The second-order valence-corrected chi connectivity index (χ2v) is 21.0. The lowest BCUT2D eigenvalue weighted by molar-refractivity contribution is 0.00578. The molecule has 312 valence electrons. The van der Waals surface area contributed by atoms with E-state index in [1.807, 2.05) is 0 Å². The fourth-order valence-electron chi connectivity index (χ4n) is 10.9. The summed E-state index contributed by atoms with van der Waals surface area (Å²) in [7, 11) is -0.375. The average Bonchev–Trinajstić information content (AvgIpc) is 3.76. The maximum atomic E-state index is 6.38. The van der Waals surface area contributed by atoms with Gasteiger partial charge in [-0.05, 0) is 112 Å². The minimum absolute atomic E-state index is 0.0671. The highest BCUT2D eigenvalue weighted by atomic mass is 79.9. The molecule has 1 aliphatic heterocycles. The van der Waals surface area contributed by atoms with Gasteiger partial charge in [-0.25, -0.2) is 9.97 Å². The zero-order valence-corrected chi connectivity index (χ0v) is 39.1. The Morgan fingerprint density at radius 1 is 0.391 bits per heavy atom. The van der Waals surface area contributed by atoms with Gasteiger partial charge in [-0.15, -0.1) is 0 Å². The van der Waals surface area contributed by atoms with Crippen molar-refractivity contribution in [1.82, 2.24) is 9.97 Å². The average molecular weight is 896 g/mol. The molecule has 2 aliphatic carbocycles. The molecule has 0 unspecified atom stereocenters. The second kappa shape index (κ2) is 13.6. The first-order chi connectivity index (χ1) is 30.6. The maximum absolute atomic E-state index is 6.38. The van der Waals surface area contributed by atoms with Crippen molar-refractivity contribution in [1.29, 1.82) is 0 Å². The summed E-state index contributed by atoms with van der Waals surface area (Å²) < 4.78 is 13.9. The number of nitrogens with zero attached hydrogens (tertiary/aromatic N) is 2. The molecule has 0 amide bonds. The Kier molecular flexibility index (Phi) is 8.40. The first kappa shape index (κ1) is 39.7. The summed E-state index contributed by atoms with van der Waals surface area (Å²) in [6.45, 7) is 17.6. The number of halogens is 1. The van der Waals surface area contributed by atoms with Gasteiger partial charge in [-0.3, -0.25) is 0 Å². The number of fused-ring (bicyclic) bond motifs is 18. The molecule has 1 saturated heterocycles. The molecule has 13 rings (SSSR count). The Bertz CT molecular complexity index is 3650. The van der Waals surface area contributed by atoms with Gasteiger partial charge in [0.05, 0.1) is 33.6 Å². The fraction of sp³-hybridized carbons (Fsp3) is 0.207. The summed E-state index contributed by atoms with van der Waals surface area (Å²) in [6.07, 6.45) is 0. The molecule has 0 N–H and O–H groups in total. The van der Waals surface area contributed by atoms with Crippen LogP contribution >= 0.6 is 15.9 Å². The lowest BCUT2D eigenvalue weighted by Crippen LogP contribution is -2.41. The van der Waals surface area contributed by atoms with Crippen molar-refractivity contribution in [3.05, 3.63) is 172 Å². The highest BCUT2D eigenvalue weighted by molar-refractivity contribution is 9.10. The molecule has 0 atom stereocenters. The van der Waals surface area contributed by atoms with E-state index in [0.29, 0.717) is 0 Å². The van der Waals surface area contributed by atoms with E-state index in [9.17, 15) is 0 Å². The Morgan fingerprint density at radius 2 is 0.750 bits per heavy atom. The molecule has 6 heteroatoms. The first-order valence-corrected chi connectivity index (χ1v) is 23.2. The van der Waals surface area contributed by atoms with Crippen LogP contribution in [0.5, 0.6) is 0 Å². The van der Waals surface area contributed by atoms with Crippen LogP contribution in [0.2, 0.25) is 0 Å². The predicted molar refractivity (Wildman–Crippen MR) is 272 cm³/mol. The van der Waals surface area contributed by atoms with Gasteiger partial charge in [-0.2, -0.15) is 0 Å². The van der Waals surface area contributed by atoms with Crippen LogP contribution in [0.1, 0.15) is 77.6 Å². The van der Waals surface area contributed by atoms with Crippen LogP contribution in [-0.2, 0) is 20.1 Å². The second-order valence-electron chi connectivity index (χ2n) is 20.1. The lowest BCUT2D eigenvalue weighted by atomic mass is 9.74. The van der Waals surface area contributed by atoms with E-state index >= 15 is 0 Å². The van der Waals surface area contributed by atoms with Crippen molar-refractivity contribution < 1.29 is 9.31 Å². The van der Waals surface area contributed by atoms with Crippen LogP contribution in [0.15, 0.2) is 150 Å². The van der Waals surface area contributed by atoms with Gasteiger partial charge < -0.3 is 9.31 Å². The molecule has 10 aromatic rings. The molecule has 2 aromatic heterocycles. The zero-order chi connectivity index (χ0) is 44.1. The smallest absolute Gasteiger partial charge is 0.399 e. The Balaban J connectivity index is 0.000000139. The van der Waals surface area contributed by atoms with Gasteiger partial charge >= 0.3 is 7.12 Å². The van der Waals surface area contributed by atoms with Crippen LogP contribution in [0.4, 0.5) is 0 Å². The molecule has 0 spiro atoms. The van der Waals surface area contributed by atoms with E-state index in [2.05, 4.69) is 217 Å². The van der Waals surface area contributed by atoms with Crippen LogP contribution < -0.4 is 5.46 Å². The van der Waals surface area contributed by atoms with Crippen molar-refractivity contribution in [3.63, 3.8) is 0 Å². The molecule has 3 aliphatic rings. The molecule has 0 bridgehead atoms. The molecular weight excluding hydrogens is 847 g/mol. The van der Waals surface area contributed by atoms with Gasteiger partial charge in [0.1, 0.15) is 0 Å². The van der Waals surface area contributed by atoms with Crippen molar-refractivity contribution in [2.24, 2.45) is 0 Å². The molecule has 64 heavy (non-hydrogen) atoms. The third kappa shape index (κ3) is 5.55. The van der Waals surface area contributed by atoms with Crippen LogP contribution in [-0.4, -0.2) is 28.3 Å². The monoisotopic (exact) mass is 894 g/mol. The largest absolute Gasteiger partial charge is 0.494 e. The normalized spacial score (nSPS) is 17.2. The number of aromatic nitrogens is 2. The standard InChI is InChI=1S/C32H30BNO2.C26H18BrN/c1-30(2)26-17-19(33-35-31(3,4)32(5,6)36-33)15-16-24(26)29-27(30)18-25-22-13-8-7-11-20(22)21-12-9-10-14-23(21)28(25)34-29;1-26(2)22-13-15(27)11-12-20(22)25-23(26)14-21-18-9-4-3-7-16(18)17-8-5-6-10-19(17)24(21)28-25/h7-18H,1-6H3;3-14H,1-2H3. The van der Waals surface area contributed by atoms with Crippen molar-refractivity contribution >= 4 is 93.4 Å². The van der Waals surface area contributed by atoms with Crippen molar-refractivity contribution in [3.8, 4) is 22.5 Å². The highest BCUT2D eigenvalue weighted by Crippen LogP contribution is 2.52. The first-order valence-electron chi connectivity index (χ1n) is 22.4. The van der Waals surface area contributed by atoms with E-state index in [4.69, 9.17) is 19.3 Å². The van der Waals surface area contributed by atoms with E-state index in [0.717, 1.165) is 32.4 Å². The van der Waals surface area contributed by atoms with E-state index in [-0.39, 0.29) is 29.2 Å². The summed E-state index contributed by atoms with van der Waals surface area (Å²) in [5.41, 5.74) is 12.1. The minimum Gasteiger partial charge on any atom is -0.399 e. The van der Waals surface area contributed by atoms with E-state index < -0.39 is 0 Å². The molecule has 4 nitrogen and oxygen atoms in total.